The summed E-state index contributed by atoms with van der Waals surface area (Å²) < 4.78 is 37.6. The predicted molar refractivity (Wildman–Crippen MR) is 114 cm³/mol. The van der Waals surface area contributed by atoms with E-state index < -0.39 is 34.5 Å². The lowest BCUT2D eigenvalue weighted by Crippen LogP contribution is -2.44. The molecule has 11 heteroatoms. The summed E-state index contributed by atoms with van der Waals surface area (Å²) in [6.45, 7) is 0.880. The van der Waals surface area contributed by atoms with Crippen LogP contribution in [0.4, 0.5) is 0 Å². The van der Waals surface area contributed by atoms with Gasteiger partial charge in [0, 0.05) is 18.7 Å². The molecule has 1 N–H and O–H groups in total. The van der Waals surface area contributed by atoms with E-state index in [4.69, 9.17) is 32.7 Å². The fraction of sp³-hybridized carbons (Fsp3) is 0.300. The van der Waals surface area contributed by atoms with Crippen molar-refractivity contribution >= 4 is 45.1 Å². The molecule has 0 saturated carbocycles. The van der Waals surface area contributed by atoms with Crippen molar-refractivity contribution in [2.75, 3.05) is 32.8 Å². The molecule has 0 aliphatic carbocycles. The van der Waals surface area contributed by atoms with Crippen molar-refractivity contribution in [2.24, 2.45) is 0 Å². The molecule has 0 aromatic heterocycles. The zero-order chi connectivity index (χ0) is 22.4. The molecule has 0 radical (unpaired) electrons. The van der Waals surface area contributed by atoms with Gasteiger partial charge in [-0.05, 0) is 18.2 Å². The molecule has 0 spiro atoms. The van der Waals surface area contributed by atoms with Gasteiger partial charge in [-0.15, -0.1) is 0 Å². The predicted octanol–water partition coefficient (Wildman–Crippen LogP) is 2.42. The minimum atomic E-state index is -4.04. The Bertz CT molecular complexity index is 1040. The van der Waals surface area contributed by atoms with Gasteiger partial charge in [0.05, 0.1) is 28.2 Å². The molecular weight excluding hydrogens is 467 g/mol. The lowest BCUT2D eigenvalue weighted by atomic mass is 10.1. The molecule has 1 fully saturated rings. The quantitative estimate of drug-likeness (QED) is 0.602. The highest BCUT2D eigenvalue weighted by molar-refractivity contribution is 7.89. The second kappa shape index (κ2) is 10.4. The number of esters is 1. The molecule has 1 heterocycles. The van der Waals surface area contributed by atoms with Crippen molar-refractivity contribution in [3.63, 3.8) is 0 Å². The van der Waals surface area contributed by atoms with Gasteiger partial charge in [0.25, 0.3) is 5.91 Å². The average molecular weight is 487 g/mol. The zero-order valence-electron chi connectivity index (χ0n) is 16.3. The highest BCUT2D eigenvalue weighted by atomic mass is 35.5. The van der Waals surface area contributed by atoms with Crippen molar-refractivity contribution in [1.29, 1.82) is 0 Å². The molecule has 8 nitrogen and oxygen atoms in total. The number of hydrogen-bond acceptors (Lipinski definition) is 6. The number of morpholine rings is 1. The van der Waals surface area contributed by atoms with E-state index in [2.05, 4.69) is 4.72 Å². The van der Waals surface area contributed by atoms with E-state index in [1.165, 1.54) is 18.2 Å². The van der Waals surface area contributed by atoms with Crippen LogP contribution < -0.4 is 4.72 Å². The number of carbonyl (C=O) groups is 2. The van der Waals surface area contributed by atoms with E-state index in [0.717, 1.165) is 0 Å². The van der Waals surface area contributed by atoms with Crippen molar-refractivity contribution in [1.82, 2.24) is 9.62 Å². The van der Waals surface area contributed by atoms with Crippen LogP contribution in [0.5, 0.6) is 0 Å². The lowest BCUT2D eigenvalue weighted by molar-refractivity contribution is -0.161. The molecule has 1 aliphatic rings. The molecule has 1 atom stereocenters. The summed E-state index contributed by atoms with van der Waals surface area (Å²) in [7, 11) is -4.04. The van der Waals surface area contributed by atoms with Crippen LogP contribution in [-0.2, 0) is 29.1 Å². The maximum atomic E-state index is 13.0. The highest BCUT2D eigenvalue weighted by Gasteiger charge is 2.31. The molecule has 3 rings (SSSR count). The van der Waals surface area contributed by atoms with Crippen LogP contribution in [0.2, 0.25) is 10.0 Å². The number of carbonyl (C=O) groups excluding carboxylic acids is 2. The first kappa shape index (κ1) is 23.5. The topological polar surface area (TPSA) is 102 Å². The van der Waals surface area contributed by atoms with Crippen LogP contribution in [-0.4, -0.2) is 58.0 Å². The van der Waals surface area contributed by atoms with Crippen molar-refractivity contribution in [3.8, 4) is 0 Å². The fourth-order valence-electron chi connectivity index (χ4n) is 2.89. The SMILES string of the molecule is O=C(CNS(=O)(=O)c1ccc(Cl)c(Cl)c1)OC(C(=O)N1CCOCC1)c1ccccc1. The molecule has 1 saturated heterocycles. The third-order valence-electron chi connectivity index (χ3n) is 4.51. The molecular formula is C20H20Cl2N2O6S. The Morgan fingerprint density at radius 1 is 1.06 bits per heavy atom. The number of benzene rings is 2. The van der Waals surface area contributed by atoms with Crippen LogP contribution in [0.1, 0.15) is 11.7 Å². The second-order valence-corrected chi connectivity index (χ2v) is 9.20. The molecule has 2 aromatic carbocycles. The van der Waals surface area contributed by atoms with Crippen LogP contribution in [0.3, 0.4) is 0 Å². The van der Waals surface area contributed by atoms with E-state index in [1.807, 2.05) is 0 Å². The van der Waals surface area contributed by atoms with Gasteiger partial charge in [-0.3, -0.25) is 9.59 Å². The zero-order valence-corrected chi connectivity index (χ0v) is 18.6. The minimum Gasteiger partial charge on any atom is -0.446 e. The Morgan fingerprint density at radius 2 is 1.74 bits per heavy atom. The molecule has 1 unspecified atom stereocenters. The third kappa shape index (κ3) is 6.18. The van der Waals surface area contributed by atoms with Gasteiger partial charge in [0.2, 0.25) is 16.1 Å². The summed E-state index contributed by atoms with van der Waals surface area (Å²) in [4.78, 5) is 26.8. The molecule has 166 valence electrons. The number of nitrogens with zero attached hydrogens (tertiary/aromatic N) is 1. The van der Waals surface area contributed by atoms with Crippen molar-refractivity contribution in [2.45, 2.75) is 11.0 Å². The Morgan fingerprint density at radius 3 is 2.39 bits per heavy atom. The first-order valence-corrected chi connectivity index (χ1v) is 11.6. The van der Waals surface area contributed by atoms with Gasteiger partial charge < -0.3 is 14.4 Å². The molecule has 2 aromatic rings. The standard InChI is InChI=1S/C20H20Cl2N2O6S/c21-16-7-6-15(12-17(16)22)31(27,28)23-13-18(25)30-19(14-4-2-1-3-5-14)20(26)24-8-10-29-11-9-24/h1-7,12,19,23H,8-11,13H2. The lowest BCUT2D eigenvalue weighted by Gasteiger charge is -2.30. The monoisotopic (exact) mass is 486 g/mol. The van der Waals surface area contributed by atoms with Gasteiger partial charge in [-0.1, -0.05) is 53.5 Å². The summed E-state index contributed by atoms with van der Waals surface area (Å²) in [5.41, 5.74) is 0.486. The van der Waals surface area contributed by atoms with Gasteiger partial charge in [0.1, 0.15) is 6.54 Å². The van der Waals surface area contributed by atoms with Gasteiger partial charge in [0.15, 0.2) is 0 Å². The Kier molecular flexibility index (Phi) is 7.90. The number of amides is 1. The number of halogens is 2. The maximum Gasteiger partial charge on any atom is 0.322 e. The Labute approximate surface area is 190 Å². The average Bonchev–Trinajstić information content (AvgIpc) is 2.78. The summed E-state index contributed by atoms with van der Waals surface area (Å²) in [6, 6.07) is 12.3. The number of nitrogens with one attached hydrogen (secondary N) is 1. The number of ether oxygens (including phenoxy) is 2. The van der Waals surface area contributed by atoms with E-state index in [1.54, 1.807) is 35.2 Å². The van der Waals surface area contributed by atoms with Gasteiger partial charge >= 0.3 is 5.97 Å². The summed E-state index contributed by atoms with van der Waals surface area (Å²) in [5, 5.41) is 0.264. The molecule has 31 heavy (non-hydrogen) atoms. The van der Waals surface area contributed by atoms with E-state index in [0.29, 0.717) is 31.9 Å². The van der Waals surface area contributed by atoms with Crippen molar-refractivity contribution < 1.29 is 27.5 Å². The highest BCUT2D eigenvalue weighted by Crippen LogP contribution is 2.25. The Hall–Kier alpha value is -2.17. The second-order valence-electron chi connectivity index (χ2n) is 6.62. The minimum absolute atomic E-state index is 0.0624. The van der Waals surface area contributed by atoms with Gasteiger partial charge in [-0.2, -0.15) is 4.72 Å². The molecule has 1 aliphatic heterocycles. The third-order valence-corrected chi connectivity index (χ3v) is 6.64. The number of hydrogen-bond donors (Lipinski definition) is 1. The van der Waals surface area contributed by atoms with E-state index in [9.17, 15) is 18.0 Å². The summed E-state index contributed by atoms with van der Waals surface area (Å²) in [5.74, 6) is -1.30. The van der Waals surface area contributed by atoms with Crippen LogP contribution in [0.25, 0.3) is 0 Å². The maximum absolute atomic E-state index is 13.0. The van der Waals surface area contributed by atoms with Crippen LogP contribution in [0, 0.1) is 0 Å². The first-order chi connectivity index (χ1) is 14.8. The Balaban J connectivity index is 1.70. The number of sulfonamides is 1. The smallest absolute Gasteiger partial charge is 0.322 e. The summed E-state index contributed by atoms with van der Waals surface area (Å²) in [6.07, 6.45) is -1.19. The largest absolute Gasteiger partial charge is 0.446 e. The fourth-order valence-corrected chi connectivity index (χ4v) is 4.25. The van der Waals surface area contributed by atoms with E-state index in [-0.39, 0.29) is 14.9 Å². The molecule has 0 bridgehead atoms. The first-order valence-electron chi connectivity index (χ1n) is 9.33. The van der Waals surface area contributed by atoms with Crippen LogP contribution in [0.15, 0.2) is 53.4 Å². The normalized spacial score (nSPS) is 15.4. The van der Waals surface area contributed by atoms with Gasteiger partial charge in [-0.25, -0.2) is 8.42 Å². The number of rotatable bonds is 7. The summed E-state index contributed by atoms with van der Waals surface area (Å²) >= 11 is 11.7. The molecule has 1 amide bonds. The van der Waals surface area contributed by atoms with E-state index >= 15 is 0 Å². The van der Waals surface area contributed by atoms with Crippen LogP contribution >= 0.6 is 23.2 Å². The van der Waals surface area contributed by atoms with Crippen molar-refractivity contribution in [3.05, 3.63) is 64.1 Å².